The highest BCUT2D eigenvalue weighted by Gasteiger charge is 2.14. The van der Waals surface area contributed by atoms with Crippen molar-refractivity contribution in [1.82, 2.24) is 19.8 Å². The van der Waals surface area contributed by atoms with Crippen LogP contribution in [0, 0.1) is 6.92 Å². The first-order chi connectivity index (χ1) is 8.78. The van der Waals surface area contributed by atoms with Gasteiger partial charge in [-0.1, -0.05) is 6.92 Å². The van der Waals surface area contributed by atoms with Crippen LogP contribution in [0.1, 0.15) is 31.2 Å². The second-order valence-corrected chi connectivity index (χ2v) is 5.12. The van der Waals surface area contributed by atoms with E-state index in [1.807, 2.05) is 19.3 Å². The Kier molecular flexibility index (Phi) is 5.08. The molecule has 0 saturated carbocycles. The molecule has 18 heavy (non-hydrogen) atoms. The molecule has 0 aromatic carbocycles. The molecule has 1 aromatic heterocycles. The van der Waals surface area contributed by atoms with Gasteiger partial charge in [-0.05, 0) is 39.4 Å². The van der Waals surface area contributed by atoms with Crippen LogP contribution >= 0.6 is 0 Å². The van der Waals surface area contributed by atoms with Gasteiger partial charge in [-0.25, -0.2) is 0 Å². The molecule has 0 atom stereocenters. The van der Waals surface area contributed by atoms with E-state index >= 15 is 0 Å². The molecule has 1 aliphatic heterocycles. The van der Waals surface area contributed by atoms with Gasteiger partial charge in [-0.15, -0.1) is 0 Å². The van der Waals surface area contributed by atoms with E-state index in [4.69, 9.17) is 0 Å². The fourth-order valence-electron chi connectivity index (χ4n) is 2.45. The fraction of sp³-hybridized carbons (Fsp3) is 0.714. The van der Waals surface area contributed by atoms with Crippen molar-refractivity contribution in [2.45, 2.75) is 33.2 Å². The number of aromatic nitrogens is 2. The van der Waals surface area contributed by atoms with E-state index in [0.29, 0.717) is 0 Å². The van der Waals surface area contributed by atoms with Crippen LogP contribution in [0.4, 0.5) is 0 Å². The molecule has 1 aliphatic rings. The highest BCUT2D eigenvalue weighted by molar-refractivity contribution is 5.00. The highest BCUT2D eigenvalue weighted by Crippen LogP contribution is 2.07. The highest BCUT2D eigenvalue weighted by atomic mass is 15.2. The summed E-state index contributed by atoms with van der Waals surface area (Å²) in [6.45, 7) is 11.2. The van der Waals surface area contributed by atoms with E-state index in [1.165, 1.54) is 39.0 Å². The molecule has 0 spiro atoms. The maximum absolute atomic E-state index is 4.44. The number of nitrogens with zero attached hydrogens (tertiary/aromatic N) is 4. The van der Waals surface area contributed by atoms with Gasteiger partial charge in [0.15, 0.2) is 0 Å². The molecule has 4 nitrogen and oxygen atoms in total. The molecule has 4 heteroatoms. The van der Waals surface area contributed by atoms with E-state index in [9.17, 15) is 0 Å². The van der Waals surface area contributed by atoms with Crippen molar-refractivity contribution in [1.29, 1.82) is 0 Å². The zero-order chi connectivity index (χ0) is 12.8. The van der Waals surface area contributed by atoms with Crippen molar-refractivity contribution >= 4 is 0 Å². The standard InChI is InChI=1S/C14H24N4/c1-3-5-17-6-4-7-18(9-8-17)12-14-11-15-13(2)10-16-14/h10-11H,3-9,12H2,1-2H3. The Labute approximate surface area is 110 Å². The molecule has 0 N–H and O–H groups in total. The third kappa shape index (κ3) is 4.03. The summed E-state index contributed by atoms with van der Waals surface area (Å²) in [4.78, 5) is 13.8. The average molecular weight is 248 g/mol. The van der Waals surface area contributed by atoms with Gasteiger partial charge in [-0.2, -0.15) is 0 Å². The topological polar surface area (TPSA) is 32.3 Å². The van der Waals surface area contributed by atoms with E-state index in [1.54, 1.807) is 0 Å². The summed E-state index contributed by atoms with van der Waals surface area (Å²) in [5.74, 6) is 0. The first-order valence-electron chi connectivity index (χ1n) is 7.00. The minimum atomic E-state index is 0.938. The molecule has 1 aromatic rings. The number of rotatable bonds is 4. The predicted octanol–water partition coefficient (Wildman–Crippen LogP) is 1.70. The zero-order valence-corrected chi connectivity index (χ0v) is 11.6. The molecule has 0 amide bonds. The Morgan fingerprint density at radius 2 is 1.83 bits per heavy atom. The first kappa shape index (κ1) is 13.4. The molecule has 100 valence electrons. The van der Waals surface area contributed by atoms with Gasteiger partial charge in [0.2, 0.25) is 0 Å². The first-order valence-corrected chi connectivity index (χ1v) is 7.00. The van der Waals surface area contributed by atoms with Gasteiger partial charge in [0.1, 0.15) is 0 Å². The minimum absolute atomic E-state index is 0.938. The normalized spacial score (nSPS) is 18.8. The molecule has 0 bridgehead atoms. The summed E-state index contributed by atoms with van der Waals surface area (Å²) < 4.78 is 0. The smallest absolute Gasteiger partial charge is 0.0727 e. The number of hydrogen-bond donors (Lipinski definition) is 0. The van der Waals surface area contributed by atoms with Crippen molar-refractivity contribution in [3.8, 4) is 0 Å². The van der Waals surface area contributed by atoms with Crippen LogP contribution < -0.4 is 0 Å². The van der Waals surface area contributed by atoms with Crippen LogP contribution in [-0.2, 0) is 6.54 Å². The summed E-state index contributed by atoms with van der Waals surface area (Å²) in [6, 6.07) is 0. The molecular formula is C14H24N4. The van der Waals surface area contributed by atoms with Gasteiger partial charge >= 0.3 is 0 Å². The maximum atomic E-state index is 4.44. The minimum Gasteiger partial charge on any atom is -0.302 e. The number of hydrogen-bond acceptors (Lipinski definition) is 4. The van der Waals surface area contributed by atoms with E-state index in [2.05, 4.69) is 26.7 Å². The largest absolute Gasteiger partial charge is 0.302 e. The second kappa shape index (κ2) is 6.81. The lowest BCUT2D eigenvalue weighted by Gasteiger charge is -2.20. The summed E-state index contributed by atoms with van der Waals surface area (Å²) in [5, 5.41) is 0. The zero-order valence-electron chi connectivity index (χ0n) is 11.6. The van der Waals surface area contributed by atoms with Crippen molar-refractivity contribution in [2.75, 3.05) is 32.7 Å². The third-order valence-electron chi connectivity index (χ3n) is 3.44. The van der Waals surface area contributed by atoms with E-state index in [0.717, 1.165) is 24.5 Å². The summed E-state index contributed by atoms with van der Waals surface area (Å²) >= 11 is 0. The molecule has 0 unspecified atom stereocenters. The van der Waals surface area contributed by atoms with Gasteiger partial charge < -0.3 is 4.90 Å². The summed E-state index contributed by atoms with van der Waals surface area (Å²) in [7, 11) is 0. The quantitative estimate of drug-likeness (QED) is 0.812. The van der Waals surface area contributed by atoms with Crippen molar-refractivity contribution in [3.05, 3.63) is 23.8 Å². The lowest BCUT2D eigenvalue weighted by molar-refractivity contribution is 0.250. The van der Waals surface area contributed by atoms with Crippen molar-refractivity contribution < 1.29 is 0 Å². The monoisotopic (exact) mass is 248 g/mol. The second-order valence-electron chi connectivity index (χ2n) is 5.12. The Balaban J connectivity index is 1.84. The van der Waals surface area contributed by atoms with Crippen LogP contribution in [0.3, 0.4) is 0 Å². The summed E-state index contributed by atoms with van der Waals surface area (Å²) in [5.41, 5.74) is 2.08. The van der Waals surface area contributed by atoms with Crippen LogP contribution in [0.25, 0.3) is 0 Å². The van der Waals surface area contributed by atoms with Crippen molar-refractivity contribution in [3.63, 3.8) is 0 Å². The molecule has 2 rings (SSSR count). The van der Waals surface area contributed by atoms with Gasteiger partial charge in [0, 0.05) is 32.0 Å². The predicted molar refractivity (Wildman–Crippen MR) is 73.4 cm³/mol. The summed E-state index contributed by atoms with van der Waals surface area (Å²) in [6.07, 6.45) is 6.28. The lowest BCUT2D eigenvalue weighted by atomic mass is 10.3. The van der Waals surface area contributed by atoms with Crippen LogP contribution in [0.5, 0.6) is 0 Å². The van der Waals surface area contributed by atoms with Gasteiger partial charge in [-0.3, -0.25) is 14.9 Å². The molecule has 0 radical (unpaired) electrons. The van der Waals surface area contributed by atoms with Gasteiger partial charge in [0.25, 0.3) is 0 Å². The molecular weight excluding hydrogens is 224 g/mol. The Bertz CT molecular complexity index is 349. The Morgan fingerprint density at radius 1 is 1.06 bits per heavy atom. The van der Waals surface area contributed by atoms with Crippen LogP contribution in [-0.4, -0.2) is 52.5 Å². The average Bonchev–Trinajstić information content (AvgIpc) is 2.59. The molecule has 2 heterocycles. The Hall–Kier alpha value is -1.00. The van der Waals surface area contributed by atoms with Crippen molar-refractivity contribution in [2.24, 2.45) is 0 Å². The number of aryl methyl sites for hydroxylation is 1. The van der Waals surface area contributed by atoms with Gasteiger partial charge in [0.05, 0.1) is 11.4 Å². The maximum Gasteiger partial charge on any atom is 0.0727 e. The Morgan fingerprint density at radius 3 is 2.56 bits per heavy atom. The molecule has 1 fully saturated rings. The molecule has 1 saturated heterocycles. The molecule has 0 aliphatic carbocycles. The van der Waals surface area contributed by atoms with E-state index < -0.39 is 0 Å². The third-order valence-corrected chi connectivity index (χ3v) is 3.44. The van der Waals surface area contributed by atoms with Crippen LogP contribution in [0.2, 0.25) is 0 Å². The van der Waals surface area contributed by atoms with Crippen LogP contribution in [0.15, 0.2) is 12.4 Å². The van der Waals surface area contributed by atoms with E-state index in [-0.39, 0.29) is 0 Å². The SMILES string of the molecule is CCCN1CCCN(Cc2cnc(C)cn2)CC1. The fourth-order valence-corrected chi connectivity index (χ4v) is 2.45. The lowest BCUT2D eigenvalue weighted by Crippen LogP contribution is -2.31.